The average Bonchev–Trinajstić information content (AvgIpc) is 2.71. The van der Waals surface area contributed by atoms with Gasteiger partial charge in [-0.1, -0.05) is 0 Å². The Labute approximate surface area is 89.0 Å². The van der Waals surface area contributed by atoms with Crippen LogP contribution in [0.5, 0.6) is 0 Å². The van der Waals surface area contributed by atoms with Crippen molar-refractivity contribution in [3.63, 3.8) is 0 Å². The van der Waals surface area contributed by atoms with Crippen LogP contribution in [-0.4, -0.2) is 45.5 Å². The second-order valence-corrected chi connectivity index (χ2v) is 4.12. The number of tetrazole rings is 1. The summed E-state index contributed by atoms with van der Waals surface area (Å²) in [4.78, 5) is 0. The Morgan fingerprint density at radius 1 is 1.47 bits per heavy atom. The summed E-state index contributed by atoms with van der Waals surface area (Å²) in [6.45, 7) is 5.65. The van der Waals surface area contributed by atoms with Gasteiger partial charge < -0.3 is 10.1 Å². The highest BCUT2D eigenvalue weighted by Crippen LogP contribution is 2.21. The summed E-state index contributed by atoms with van der Waals surface area (Å²) >= 11 is 0. The highest BCUT2D eigenvalue weighted by Gasteiger charge is 2.26. The Morgan fingerprint density at radius 3 is 2.93 bits per heavy atom. The number of nitrogens with one attached hydrogen (secondary N) is 1. The molecular weight excluding hydrogens is 194 g/mol. The summed E-state index contributed by atoms with van der Waals surface area (Å²) in [7, 11) is 0. The number of aromatic nitrogens is 4. The van der Waals surface area contributed by atoms with E-state index in [2.05, 4.69) is 27.8 Å². The standard InChI is InChI=1S/C9H17N5O/c1-9(2-4-10-5-3-9)15-7-6-14-8-11-12-13-14/h8,10H,2-7H2,1H3. The smallest absolute Gasteiger partial charge is 0.138 e. The molecule has 1 fully saturated rings. The molecule has 0 bridgehead atoms. The molecule has 0 aromatic carbocycles. The fraction of sp³-hybridized carbons (Fsp3) is 0.889. The van der Waals surface area contributed by atoms with Gasteiger partial charge in [0.2, 0.25) is 0 Å². The molecule has 2 rings (SSSR count). The summed E-state index contributed by atoms with van der Waals surface area (Å²) in [6, 6.07) is 0. The third-order valence-corrected chi connectivity index (χ3v) is 2.82. The summed E-state index contributed by atoms with van der Waals surface area (Å²) in [5, 5.41) is 14.3. The van der Waals surface area contributed by atoms with Crippen LogP contribution in [0, 0.1) is 0 Å². The first-order valence-electron chi connectivity index (χ1n) is 5.34. The van der Waals surface area contributed by atoms with Gasteiger partial charge in [0.25, 0.3) is 0 Å². The van der Waals surface area contributed by atoms with E-state index in [1.807, 2.05) is 0 Å². The molecule has 0 atom stereocenters. The maximum Gasteiger partial charge on any atom is 0.138 e. The molecule has 15 heavy (non-hydrogen) atoms. The Bertz CT molecular complexity index is 281. The van der Waals surface area contributed by atoms with E-state index in [1.54, 1.807) is 11.0 Å². The fourth-order valence-electron chi connectivity index (χ4n) is 1.77. The second-order valence-electron chi connectivity index (χ2n) is 4.12. The lowest BCUT2D eigenvalue weighted by atomic mass is 9.95. The Kier molecular flexibility index (Phi) is 3.27. The summed E-state index contributed by atoms with van der Waals surface area (Å²) in [6.07, 6.45) is 3.75. The van der Waals surface area contributed by atoms with E-state index in [0.717, 1.165) is 32.5 Å². The summed E-state index contributed by atoms with van der Waals surface area (Å²) < 4.78 is 7.57. The molecule has 6 nitrogen and oxygen atoms in total. The monoisotopic (exact) mass is 211 g/mol. The minimum atomic E-state index is 0.0270. The van der Waals surface area contributed by atoms with Crippen molar-refractivity contribution in [2.45, 2.75) is 31.9 Å². The van der Waals surface area contributed by atoms with E-state index < -0.39 is 0 Å². The van der Waals surface area contributed by atoms with Crippen LogP contribution >= 0.6 is 0 Å². The average molecular weight is 211 g/mol. The Morgan fingerprint density at radius 2 is 2.27 bits per heavy atom. The molecule has 0 spiro atoms. The number of rotatable bonds is 4. The highest BCUT2D eigenvalue weighted by atomic mass is 16.5. The molecule has 1 aliphatic rings. The molecule has 0 unspecified atom stereocenters. The van der Waals surface area contributed by atoms with Gasteiger partial charge in [-0.05, 0) is 43.3 Å². The van der Waals surface area contributed by atoms with E-state index in [-0.39, 0.29) is 5.60 Å². The topological polar surface area (TPSA) is 64.9 Å². The third kappa shape index (κ3) is 2.97. The van der Waals surface area contributed by atoms with Gasteiger partial charge in [0.1, 0.15) is 6.33 Å². The first-order valence-corrected chi connectivity index (χ1v) is 5.34. The van der Waals surface area contributed by atoms with Gasteiger partial charge in [-0.2, -0.15) is 0 Å². The van der Waals surface area contributed by atoms with Crippen LogP contribution in [0.15, 0.2) is 6.33 Å². The van der Waals surface area contributed by atoms with Crippen molar-refractivity contribution >= 4 is 0 Å². The van der Waals surface area contributed by atoms with Crippen molar-refractivity contribution < 1.29 is 4.74 Å². The zero-order valence-corrected chi connectivity index (χ0v) is 9.02. The van der Waals surface area contributed by atoms with Crippen LogP contribution in [0.4, 0.5) is 0 Å². The lowest BCUT2D eigenvalue weighted by molar-refractivity contribution is -0.0553. The molecule has 2 heterocycles. The van der Waals surface area contributed by atoms with E-state index in [1.165, 1.54) is 0 Å². The molecule has 0 radical (unpaired) electrons. The molecule has 84 valence electrons. The summed E-state index contributed by atoms with van der Waals surface area (Å²) in [5.41, 5.74) is 0.0270. The number of piperidine rings is 1. The van der Waals surface area contributed by atoms with Gasteiger partial charge in [0.15, 0.2) is 0 Å². The van der Waals surface area contributed by atoms with Crippen molar-refractivity contribution in [2.24, 2.45) is 0 Å². The van der Waals surface area contributed by atoms with Gasteiger partial charge in [-0.25, -0.2) is 4.68 Å². The maximum atomic E-state index is 5.89. The van der Waals surface area contributed by atoms with Crippen LogP contribution in [0.2, 0.25) is 0 Å². The van der Waals surface area contributed by atoms with Crippen LogP contribution < -0.4 is 5.32 Å². The molecule has 0 amide bonds. The van der Waals surface area contributed by atoms with Crippen molar-refractivity contribution in [2.75, 3.05) is 19.7 Å². The van der Waals surface area contributed by atoms with Crippen LogP contribution in [0.3, 0.4) is 0 Å². The normalized spacial score (nSPS) is 20.3. The van der Waals surface area contributed by atoms with E-state index in [9.17, 15) is 0 Å². The van der Waals surface area contributed by atoms with E-state index >= 15 is 0 Å². The number of ether oxygens (including phenoxy) is 1. The Hall–Kier alpha value is -1.01. The van der Waals surface area contributed by atoms with Crippen LogP contribution in [-0.2, 0) is 11.3 Å². The molecule has 0 aliphatic carbocycles. The van der Waals surface area contributed by atoms with Crippen LogP contribution in [0.25, 0.3) is 0 Å². The second kappa shape index (κ2) is 4.67. The Balaban J connectivity index is 1.72. The number of hydrogen-bond donors (Lipinski definition) is 1. The van der Waals surface area contributed by atoms with Gasteiger partial charge in [0.05, 0.1) is 18.8 Å². The zero-order chi connectivity index (χ0) is 10.6. The van der Waals surface area contributed by atoms with Gasteiger partial charge in [-0.3, -0.25) is 0 Å². The summed E-state index contributed by atoms with van der Waals surface area (Å²) in [5.74, 6) is 0. The van der Waals surface area contributed by atoms with Crippen molar-refractivity contribution in [1.82, 2.24) is 25.5 Å². The van der Waals surface area contributed by atoms with Gasteiger partial charge >= 0.3 is 0 Å². The molecule has 0 saturated carbocycles. The molecule has 1 aromatic rings. The van der Waals surface area contributed by atoms with Crippen molar-refractivity contribution in [3.05, 3.63) is 6.33 Å². The molecule has 1 N–H and O–H groups in total. The molecular formula is C9H17N5O. The predicted octanol–water partition coefficient (Wildman–Crippen LogP) is -0.168. The third-order valence-electron chi connectivity index (χ3n) is 2.82. The van der Waals surface area contributed by atoms with Crippen molar-refractivity contribution in [1.29, 1.82) is 0 Å². The minimum Gasteiger partial charge on any atom is -0.373 e. The van der Waals surface area contributed by atoms with E-state index in [4.69, 9.17) is 4.74 Å². The van der Waals surface area contributed by atoms with E-state index in [0.29, 0.717) is 6.61 Å². The maximum absolute atomic E-state index is 5.89. The first-order chi connectivity index (χ1) is 7.29. The highest BCUT2D eigenvalue weighted by molar-refractivity contribution is 4.81. The SMILES string of the molecule is CC1(OCCn2cnnn2)CCNCC1. The fourth-order valence-corrected chi connectivity index (χ4v) is 1.77. The molecule has 1 saturated heterocycles. The van der Waals surface area contributed by atoms with Gasteiger partial charge in [0, 0.05) is 0 Å². The molecule has 1 aliphatic heterocycles. The number of nitrogens with zero attached hydrogens (tertiary/aromatic N) is 4. The van der Waals surface area contributed by atoms with Gasteiger partial charge in [-0.15, -0.1) is 5.10 Å². The minimum absolute atomic E-state index is 0.0270. The predicted molar refractivity (Wildman–Crippen MR) is 54.3 cm³/mol. The lowest BCUT2D eigenvalue weighted by Crippen LogP contribution is -2.42. The molecule has 1 aromatic heterocycles. The zero-order valence-electron chi connectivity index (χ0n) is 9.02. The van der Waals surface area contributed by atoms with Crippen LogP contribution in [0.1, 0.15) is 19.8 Å². The lowest BCUT2D eigenvalue weighted by Gasteiger charge is -2.34. The quantitative estimate of drug-likeness (QED) is 0.749. The largest absolute Gasteiger partial charge is 0.373 e. The van der Waals surface area contributed by atoms with Crippen molar-refractivity contribution in [3.8, 4) is 0 Å². The molecule has 6 heteroatoms. The first kappa shape index (κ1) is 10.5. The number of hydrogen-bond acceptors (Lipinski definition) is 5.